The first-order valence-electron chi connectivity index (χ1n) is 11.0. The molecule has 6 heteroatoms. The first-order valence-corrected chi connectivity index (χ1v) is 11.0. The van der Waals surface area contributed by atoms with Gasteiger partial charge in [-0.15, -0.1) is 0 Å². The highest BCUT2D eigenvalue weighted by atomic mass is 16.5. The Morgan fingerprint density at radius 1 is 1.13 bits per heavy atom. The topological polar surface area (TPSA) is 53.1 Å². The fraction of sp³-hybridized carbons (Fsp3) is 0.440. The molecule has 0 spiro atoms. The molecule has 2 aliphatic heterocycles. The van der Waals surface area contributed by atoms with Gasteiger partial charge in [0.15, 0.2) is 0 Å². The molecule has 2 aliphatic rings. The zero-order valence-corrected chi connectivity index (χ0v) is 18.6. The molecule has 0 aromatic heterocycles. The van der Waals surface area contributed by atoms with Crippen LogP contribution in [0.3, 0.4) is 0 Å². The fourth-order valence-electron chi connectivity index (χ4n) is 4.42. The molecule has 0 aliphatic carbocycles. The molecular formula is C25H31N3O3. The predicted molar refractivity (Wildman–Crippen MR) is 123 cm³/mol. The molecule has 1 fully saturated rings. The minimum absolute atomic E-state index is 0.0104. The number of ether oxygens (including phenoxy) is 1. The molecule has 164 valence electrons. The largest absolute Gasteiger partial charge is 0.378 e. The van der Waals surface area contributed by atoms with Crippen LogP contribution in [0.15, 0.2) is 42.5 Å². The molecule has 0 bridgehead atoms. The number of anilines is 2. The zero-order valence-electron chi connectivity index (χ0n) is 18.6. The first-order chi connectivity index (χ1) is 14.9. The molecule has 6 nitrogen and oxygen atoms in total. The van der Waals surface area contributed by atoms with Crippen molar-refractivity contribution in [3.8, 4) is 0 Å². The highest BCUT2D eigenvalue weighted by Gasteiger charge is 2.27. The Morgan fingerprint density at radius 2 is 1.90 bits per heavy atom. The summed E-state index contributed by atoms with van der Waals surface area (Å²) in [4.78, 5) is 31.1. The van der Waals surface area contributed by atoms with Crippen molar-refractivity contribution in [3.63, 3.8) is 0 Å². The molecule has 0 radical (unpaired) electrons. The molecule has 2 aromatic rings. The van der Waals surface area contributed by atoms with Gasteiger partial charge in [-0.05, 0) is 60.7 Å². The van der Waals surface area contributed by atoms with Crippen LogP contribution in [0.5, 0.6) is 0 Å². The van der Waals surface area contributed by atoms with Crippen molar-refractivity contribution < 1.29 is 14.3 Å². The fourth-order valence-corrected chi connectivity index (χ4v) is 4.42. The van der Waals surface area contributed by atoms with Crippen molar-refractivity contribution in [2.24, 2.45) is 0 Å². The third-order valence-electron chi connectivity index (χ3n) is 6.16. The van der Waals surface area contributed by atoms with E-state index in [-0.39, 0.29) is 17.9 Å². The molecule has 1 atom stereocenters. The van der Waals surface area contributed by atoms with Crippen molar-refractivity contribution in [2.45, 2.75) is 38.8 Å². The normalized spacial score (nSPS) is 17.5. The second-order valence-electron chi connectivity index (χ2n) is 8.65. The lowest BCUT2D eigenvalue weighted by atomic mass is 10.1. The third kappa shape index (κ3) is 4.74. The minimum Gasteiger partial charge on any atom is -0.378 e. The highest BCUT2D eigenvalue weighted by molar-refractivity contribution is 5.98. The molecule has 1 unspecified atom stereocenters. The van der Waals surface area contributed by atoms with Gasteiger partial charge in [-0.2, -0.15) is 0 Å². The van der Waals surface area contributed by atoms with Crippen molar-refractivity contribution >= 4 is 23.2 Å². The summed E-state index contributed by atoms with van der Waals surface area (Å²) in [5.74, 6) is 0.0512. The van der Waals surface area contributed by atoms with Gasteiger partial charge in [0.2, 0.25) is 5.91 Å². The van der Waals surface area contributed by atoms with E-state index in [1.54, 1.807) is 11.8 Å². The van der Waals surface area contributed by atoms with Gasteiger partial charge < -0.3 is 19.4 Å². The van der Waals surface area contributed by atoms with E-state index in [1.165, 1.54) is 0 Å². The zero-order chi connectivity index (χ0) is 22.0. The number of carbonyl (C=O) groups is 2. The molecule has 4 rings (SSSR count). The summed E-state index contributed by atoms with van der Waals surface area (Å²) in [6.45, 7) is 4.16. The summed E-state index contributed by atoms with van der Waals surface area (Å²) in [5, 5.41) is 0. The van der Waals surface area contributed by atoms with Crippen molar-refractivity contribution in [2.75, 3.05) is 43.6 Å². The Kier molecular flexibility index (Phi) is 6.28. The van der Waals surface area contributed by atoms with Crippen LogP contribution >= 0.6 is 0 Å². The Labute approximate surface area is 184 Å². The van der Waals surface area contributed by atoms with Crippen LogP contribution in [0.4, 0.5) is 11.4 Å². The van der Waals surface area contributed by atoms with Crippen LogP contribution in [0.1, 0.15) is 41.3 Å². The number of hydrogen-bond donors (Lipinski definition) is 0. The molecule has 1 saturated heterocycles. The first kappa shape index (κ1) is 21.4. The Morgan fingerprint density at radius 3 is 2.55 bits per heavy atom. The van der Waals surface area contributed by atoms with E-state index in [2.05, 4.69) is 29.2 Å². The van der Waals surface area contributed by atoms with Crippen LogP contribution in [-0.4, -0.2) is 56.6 Å². The van der Waals surface area contributed by atoms with Gasteiger partial charge in [0.25, 0.3) is 5.91 Å². The number of fused-ring (bicyclic) bond motifs is 1. The maximum Gasteiger partial charge on any atom is 0.254 e. The lowest BCUT2D eigenvalue weighted by Gasteiger charge is -2.26. The highest BCUT2D eigenvalue weighted by Crippen LogP contribution is 2.29. The van der Waals surface area contributed by atoms with Gasteiger partial charge in [0, 0.05) is 64.2 Å². The summed E-state index contributed by atoms with van der Waals surface area (Å²) in [7, 11) is 4.03. The number of benzene rings is 2. The van der Waals surface area contributed by atoms with E-state index < -0.39 is 0 Å². The summed E-state index contributed by atoms with van der Waals surface area (Å²) >= 11 is 0. The van der Waals surface area contributed by atoms with Crippen LogP contribution in [0.25, 0.3) is 0 Å². The minimum atomic E-state index is 0.0104. The number of carbonyl (C=O) groups excluding carboxylic acids is 2. The molecule has 0 saturated carbocycles. The van der Waals surface area contributed by atoms with Gasteiger partial charge in [-0.25, -0.2) is 0 Å². The van der Waals surface area contributed by atoms with E-state index >= 15 is 0 Å². The summed E-state index contributed by atoms with van der Waals surface area (Å²) in [6.07, 6.45) is 2.91. The standard InChI is InChI=1S/C25H31N3O3/c1-18(29)28-13-12-20-15-21(8-11-24(20)28)25(30)27(17-23-5-4-14-31-23)16-19-6-9-22(10-7-19)26(2)3/h6-11,15,23H,4-5,12-14,16-17H2,1-3H3. The van der Waals surface area contributed by atoms with Gasteiger partial charge in [0.1, 0.15) is 0 Å². The van der Waals surface area contributed by atoms with Gasteiger partial charge in [-0.3, -0.25) is 9.59 Å². The van der Waals surface area contributed by atoms with Gasteiger partial charge in [0.05, 0.1) is 6.10 Å². The average Bonchev–Trinajstić information content (AvgIpc) is 3.42. The quantitative estimate of drug-likeness (QED) is 0.717. The average molecular weight is 422 g/mol. The number of rotatable bonds is 6. The monoisotopic (exact) mass is 421 g/mol. The smallest absolute Gasteiger partial charge is 0.254 e. The van der Waals surface area contributed by atoms with Crippen molar-refractivity contribution in [1.82, 2.24) is 4.90 Å². The predicted octanol–water partition coefficient (Wildman–Crippen LogP) is 3.48. The van der Waals surface area contributed by atoms with Crippen LogP contribution in [-0.2, 0) is 22.5 Å². The van der Waals surface area contributed by atoms with Crippen molar-refractivity contribution in [1.29, 1.82) is 0 Å². The number of nitrogens with zero attached hydrogens (tertiary/aromatic N) is 3. The van der Waals surface area contributed by atoms with Crippen LogP contribution in [0.2, 0.25) is 0 Å². The molecule has 31 heavy (non-hydrogen) atoms. The Balaban J connectivity index is 1.56. The molecule has 2 aromatic carbocycles. The van der Waals surface area contributed by atoms with Crippen LogP contribution < -0.4 is 9.80 Å². The summed E-state index contributed by atoms with van der Waals surface area (Å²) in [6, 6.07) is 14.0. The lowest BCUT2D eigenvalue weighted by Crippen LogP contribution is -2.37. The summed E-state index contributed by atoms with van der Waals surface area (Å²) in [5.41, 5.74) is 4.89. The van der Waals surface area contributed by atoms with Gasteiger partial charge >= 0.3 is 0 Å². The SMILES string of the molecule is CC(=O)N1CCc2cc(C(=O)N(Cc3ccc(N(C)C)cc3)CC3CCCO3)ccc21. The van der Waals surface area contributed by atoms with Gasteiger partial charge in [-0.1, -0.05) is 12.1 Å². The molecule has 2 amide bonds. The van der Waals surface area contributed by atoms with E-state index in [1.807, 2.05) is 37.2 Å². The van der Waals surface area contributed by atoms with E-state index in [0.717, 1.165) is 48.4 Å². The number of amides is 2. The Hall–Kier alpha value is -2.86. The molecular weight excluding hydrogens is 390 g/mol. The Bertz CT molecular complexity index is 949. The molecule has 0 N–H and O–H groups in total. The summed E-state index contributed by atoms with van der Waals surface area (Å²) < 4.78 is 5.83. The van der Waals surface area contributed by atoms with Crippen LogP contribution in [0, 0.1) is 0 Å². The maximum atomic E-state index is 13.5. The van der Waals surface area contributed by atoms with Crippen molar-refractivity contribution in [3.05, 3.63) is 59.2 Å². The van der Waals surface area contributed by atoms with E-state index in [9.17, 15) is 9.59 Å². The second-order valence-corrected chi connectivity index (χ2v) is 8.65. The maximum absolute atomic E-state index is 13.5. The number of hydrogen-bond acceptors (Lipinski definition) is 4. The van der Waals surface area contributed by atoms with E-state index in [0.29, 0.717) is 25.2 Å². The third-order valence-corrected chi connectivity index (χ3v) is 6.16. The second kappa shape index (κ2) is 9.10. The molecule has 2 heterocycles. The lowest BCUT2D eigenvalue weighted by molar-refractivity contribution is -0.116. The van der Waals surface area contributed by atoms with E-state index in [4.69, 9.17) is 4.74 Å².